The van der Waals surface area contributed by atoms with Gasteiger partial charge < -0.3 is 4.74 Å². The third-order valence-electron chi connectivity index (χ3n) is 0.750. The molecule has 0 unspecified atom stereocenters. The number of halogens is 1. The minimum atomic E-state index is -0.379. The fraction of sp³-hybridized carbons (Fsp3) is 0.333. The summed E-state index contributed by atoms with van der Waals surface area (Å²) in [4.78, 5) is 10.5. The van der Waals surface area contributed by atoms with Crippen LogP contribution in [0.15, 0.2) is 24.8 Å². The summed E-state index contributed by atoms with van der Waals surface area (Å²) in [6.45, 7) is 8.36. The van der Waals surface area contributed by atoms with Crippen LogP contribution in [0.3, 0.4) is 0 Å². The molecule has 0 aliphatic rings. The fourth-order valence-corrected chi connectivity index (χ4v) is 0.332. The third kappa shape index (κ3) is 13.7. The van der Waals surface area contributed by atoms with Gasteiger partial charge in [0.2, 0.25) is 0 Å². The standard InChI is InChI=1S/C6H9ClO2.C3H3N/c1-5(2)6(8)9-4-3-7;1-2-3-4/h1,3-4H2,2H3;2H,1H2. The van der Waals surface area contributed by atoms with Crippen LogP contribution < -0.4 is 0 Å². The molecule has 0 spiro atoms. The topological polar surface area (TPSA) is 50.1 Å². The highest BCUT2D eigenvalue weighted by molar-refractivity contribution is 6.18. The molecule has 0 N–H and O–H groups in total. The molecular weight excluding hydrogens is 190 g/mol. The van der Waals surface area contributed by atoms with Crippen LogP contribution in [0.4, 0.5) is 0 Å². The van der Waals surface area contributed by atoms with E-state index in [-0.39, 0.29) is 12.6 Å². The molecule has 3 nitrogen and oxygen atoms in total. The van der Waals surface area contributed by atoms with Gasteiger partial charge in [0.25, 0.3) is 0 Å². The molecule has 0 aromatic heterocycles. The van der Waals surface area contributed by atoms with Gasteiger partial charge in [-0.25, -0.2) is 4.79 Å². The van der Waals surface area contributed by atoms with Crippen molar-refractivity contribution in [2.75, 3.05) is 12.5 Å². The fourth-order valence-electron chi connectivity index (χ4n) is 0.254. The highest BCUT2D eigenvalue weighted by atomic mass is 35.5. The second kappa shape index (κ2) is 10.7. The van der Waals surface area contributed by atoms with Gasteiger partial charge in [-0.2, -0.15) is 5.26 Å². The first-order valence-corrected chi connectivity index (χ1v) is 4.02. The van der Waals surface area contributed by atoms with Crippen LogP contribution in [0, 0.1) is 11.3 Å². The van der Waals surface area contributed by atoms with Gasteiger partial charge in [-0.1, -0.05) is 13.2 Å². The van der Waals surface area contributed by atoms with Crippen LogP contribution >= 0.6 is 11.6 Å². The van der Waals surface area contributed by atoms with Gasteiger partial charge in [-0.15, -0.1) is 11.6 Å². The number of alkyl halides is 1. The quantitative estimate of drug-likeness (QED) is 0.304. The first-order chi connectivity index (χ1) is 6.09. The molecular formula is C9H12ClNO2. The average molecular weight is 202 g/mol. The average Bonchev–Trinajstić information content (AvgIpc) is 2.14. The maximum atomic E-state index is 10.5. The van der Waals surface area contributed by atoms with Gasteiger partial charge in [-0.05, 0) is 6.92 Å². The normalized spacial score (nSPS) is 7.15. The summed E-state index contributed by atoms with van der Waals surface area (Å²) in [7, 11) is 0. The van der Waals surface area contributed by atoms with Gasteiger partial charge in [0.15, 0.2) is 0 Å². The van der Waals surface area contributed by atoms with Crippen LogP contribution in [0.2, 0.25) is 0 Å². The molecule has 4 heteroatoms. The van der Waals surface area contributed by atoms with Crippen LogP contribution in [0.5, 0.6) is 0 Å². The van der Waals surface area contributed by atoms with Gasteiger partial charge in [0.05, 0.1) is 11.9 Å². The van der Waals surface area contributed by atoms with Gasteiger partial charge in [0, 0.05) is 11.6 Å². The Bertz CT molecular complexity index is 218. The molecule has 0 amide bonds. The lowest BCUT2D eigenvalue weighted by molar-refractivity contribution is -0.138. The molecule has 0 aliphatic heterocycles. The molecule has 72 valence electrons. The van der Waals surface area contributed by atoms with Crippen LogP contribution in [0.25, 0.3) is 0 Å². The summed E-state index contributed by atoms with van der Waals surface area (Å²) >= 11 is 5.24. The van der Waals surface area contributed by atoms with Crippen molar-refractivity contribution in [2.24, 2.45) is 0 Å². The number of carbonyl (C=O) groups excluding carboxylic acids is 1. The summed E-state index contributed by atoms with van der Waals surface area (Å²) in [6, 6.07) is 1.69. The van der Waals surface area contributed by atoms with E-state index in [2.05, 4.69) is 17.9 Å². The summed E-state index contributed by atoms with van der Waals surface area (Å²) in [5.41, 5.74) is 0.403. The molecule has 0 saturated carbocycles. The van der Waals surface area contributed by atoms with E-state index < -0.39 is 0 Å². The van der Waals surface area contributed by atoms with E-state index in [1.54, 1.807) is 13.0 Å². The van der Waals surface area contributed by atoms with Crippen molar-refractivity contribution in [1.82, 2.24) is 0 Å². The van der Waals surface area contributed by atoms with E-state index in [0.717, 1.165) is 0 Å². The predicted molar refractivity (Wildman–Crippen MR) is 52.3 cm³/mol. The molecule has 0 radical (unpaired) electrons. The lowest BCUT2D eigenvalue weighted by Gasteiger charge is -1.98. The molecule has 0 saturated heterocycles. The van der Waals surface area contributed by atoms with Crippen molar-refractivity contribution in [3.63, 3.8) is 0 Å². The van der Waals surface area contributed by atoms with Crippen LogP contribution in [0.1, 0.15) is 6.92 Å². The van der Waals surface area contributed by atoms with Crippen LogP contribution in [-0.4, -0.2) is 18.5 Å². The number of hydrogen-bond acceptors (Lipinski definition) is 3. The summed E-state index contributed by atoms with van der Waals surface area (Å²) in [6.07, 6.45) is 1.18. The molecule has 0 atom stereocenters. The lowest BCUT2D eigenvalue weighted by atomic mass is 10.4. The number of hydrogen-bond donors (Lipinski definition) is 0. The number of ether oxygens (including phenoxy) is 1. The van der Waals surface area contributed by atoms with Crippen LogP contribution in [-0.2, 0) is 9.53 Å². The Kier molecular flexibility index (Phi) is 11.8. The van der Waals surface area contributed by atoms with E-state index in [4.69, 9.17) is 16.9 Å². The van der Waals surface area contributed by atoms with Crippen molar-refractivity contribution < 1.29 is 9.53 Å². The predicted octanol–water partition coefficient (Wildman–Crippen LogP) is 2.04. The Balaban J connectivity index is 0. The number of esters is 1. The molecule has 0 fully saturated rings. The molecule has 0 aromatic carbocycles. The Morgan fingerprint density at radius 2 is 2.23 bits per heavy atom. The summed E-state index contributed by atoms with van der Waals surface area (Å²) < 4.78 is 4.58. The van der Waals surface area contributed by atoms with Crippen molar-refractivity contribution in [1.29, 1.82) is 5.26 Å². The monoisotopic (exact) mass is 201 g/mol. The zero-order valence-electron chi connectivity index (χ0n) is 7.55. The van der Waals surface area contributed by atoms with Crippen molar-refractivity contribution in [3.05, 3.63) is 24.8 Å². The van der Waals surface area contributed by atoms with Crippen molar-refractivity contribution in [3.8, 4) is 6.07 Å². The molecule has 0 rings (SSSR count). The Hall–Kier alpha value is -1.27. The van der Waals surface area contributed by atoms with Gasteiger partial charge >= 0.3 is 5.97 Å². The Morgan fingerprint density at radius 1 is 1.77 bits per heavy atom. The zero-order valence-corrected chi connectivity index (χ0v) is 8.30. The van der Waals surface area contributed by atoms with E-state index in [0.29, 0.717) is 11.5 Å². The number of nitriles is 1. The highest BCUT2D eigenvalue weighted by Crippen LogP contribution is 1.91. The minimum absolute atomic E-state index is 0.257. The summed E-state index contributed by atoms with van der Waals surface area (Å²) in [5, 5.41) is 7.51. The zero-order chi connectivity index (χ0) is 10.7. The van der Waals surface area contributed by atoms with Gasteiger partial charge in [-0.3, -0.25) is 0 Å². The maximum absolute atomic E-state index is 10.5. The minimum Gasteiger partial charge on any atom is -0.461 e. The largest absolute Gasteiger partial charge is 0.461 e. The molecule has 0 aromatic rings. The first-order valence-electron chi connectivity index (χ1n) is 3.49. The van der Waals surface area contributed by atoms with E-state index in [1.165, 1.54) is 6.08 Å². The number of allylic oxidation sites excluding steroid dienone is 1. The molecule has 0 heterocycles. The molecule has 0 aliphatic carbocycles. The maximum Gasteiger partial charge on any atom is 0.333 e. The second-order valence-electron chi connectivity index (χ2n) is 1.94. The number of rotatable bonds is 3. The third-order valence-corrected chi connectivity index (χ3v) is 0.904. The SMILES string of the molecule is C=C(C)C(=O)OCCCl.C=CC#N. The molecule has 0 bridgehead atoms. The number of nitrogens with zero attached hydrogens (tertiary/aromatic N) is 1. The Morgan fingerprint density at radius 3 is 2.46 bits per heavy atom. The smallest absolute Gasteiger partial charge is 0.333 e. The van der Waals surface area contributed by atoms with Gasteiger partial charge in [0.1, 0.15) is 6.61 Å². The highest BCUT2D eigenvalue weighted by Gasteiger charge is 1.99. The van der Waals surface area contributed by atoms with Crippen molar-refractivity contribution in [2.45, 2.75) is 6.92 Å². The van der Waals surface area contributed by atoms with E-state index >= 15 is 0 Å². The number of carbonyl (C=O) groups is 1. The molecule has 13 heavy (non-hydrogen) atoms. The van der Waals surface area contributed by atoms with Crippen molar-refractivity contribution >= 4 is 17.6 Å². The Labute approximate surface area is 83.3 Å². The van der Waals surface area contributed by atoms with E-state index in [1.807, 2.05) is 0 Å². The van der Waals surface area contributed by atoms with E-state index in [9.17, 15) is 4.79 Å². The lowest BCUT2D eigenvalue weighted by Crippen LogP contribution is -2.06. The first kappa shape index (κ1) is 14.3. The second-order valence-corrected chi connectivity index (χ2v) is 2.32. The summed E-state index contributed by atoms with van der Waals surface area (Å²) in [5.74, 6) is -0.0467.